The van der Waals surface area contributed by atoms with Gasteiger partial charge in [0.15, 0.2) is 6.19 Å². The van der Waals surface area contributed by atoms with Crippen molar-refractivity contribution in [2.75, 3.05) is 11.4 Å². The Morgan fingerprint density at radius 3 is 2.31 bits per heavy atom. The molecule has 2 heterocycles. The molecule has 3 fully saturated rings. The van der Waals surface area contributed by atoms with Crippen LogP contribution in [0.15, 0.2) is 47.6 Å². The molecule has 1 unspecified atom stereocenters. The predicted octanol–water partition coefficient (Wildman–Crippen LogP) is 6.45. The number of nitrogens with one attached hydrogen (secondary N) is 1. The Hall–Kier alpha value is -3.61. The number of carbonyl (C=O) groups excluding carboxylic acids is 2. The van der Waals surface area contributed by atoms with E-state index in [2.05, 4.69) is 10.3 Å². The minimum atomic E-state index is -10.1. The maximum Gasteiger partial charge on any atom is 0.310 e. The fourth-order valence-electron chi connectivity index (χ4n) is 5.75. The number of hydrogen-bond acceptors (Lipinski definition) is 5. The van der Waals surface area contributed by atoms with E-state index in [1.807, 2.05) is 6.19 Å². The summed E-state index contributed by atoms with van der Waals surface area (Å²) < 4.78 is 109. The number of alkyl halides is 2. The van der Waals surface area contributed by atoms with E-state index in [0.29, 0.717) is 18.6 Å². The van der Waals surface area contributed by atoms with E-state index >= 15 is 0 Å². The highest BCUT2D eigenvalue weighted by atomic mass is 32.5. The van der Waals surface area contributed by atoms with Crippen molar-refractivity contribution in [3.05, 3.63) is 54.1 Å². The number of nitrogens with zero attached hydrogens (tertiary/aromatic N) is 4. The molecular formula is C26H25F8N5O2S. The number of pyridine rings is 1. The van der Waals surface area contributed by atoms with Gasteiger partial charge in [-0.25, -0.2) is 13.2 Å². The van der Waals surface area contributed by atoms with Crippen LogP contribution in [0, 0.1) is 29.1 Å². The van der Waals surface area contributed by atoms with Gasteiger partial charge in [0.25, 0.3) is 5.91 Å². The van der Waals surface area contributed by atoms with Gasteiger partial charge in [0.1, 0.15) is 22.8 Å². The maximum absolute atomic E-state index is 14.3. The third-order valence-electron chi connectivity index (χ3n) is 7.94. The Bertz CT molecular complexity index is 1440. The zero-order valence-electron chi connectivity index (χ0n) is 21.7. The molecule has 2 amide bonds. The Kier molecular flexibility index (Phi) is 6.72. The monoisotopic (exact) mass is 623 g/mol. The minimum absolute atomic E-state index is 0.0111. The molecule has 2 saturated carbocycles. The van der Waals surface area contributed by atoms with Crippen molar-refractivity contribution < 1.29 is 42.2 Å². The fraction of sp³-hybridized carbons (Fsp3) is 0.462. The van der Waals surface area contributed by atoms with Crippen LogP contribution < -0.4 is 10.2 Å². The lowest BCUT2D eigenvalue weighted by Gasteiger charge is -2.41. The molecule has 1 saturated heterocycles. The third kappa shape index (κ3) is 6.11. The molecule has 1 N–H and O–H groups in total. The first kappa shape index (κ1) is 29.9. The number of likely N-dealkylation sites (tertiary alicyclic amines) is 1. The quantitative estimate of drug-likeness (QED) is 0.283. The molecule has 2 aliphatic carbocycles. The topological polar surface area (TPSA) is 89.3 Å². The SMILES string of the molecule is N#CN1C[C@H]2C[C@@H]2[C@@H]1C(=O)N(c1ccc(S(F)(F)(F)(F)F)cc1)C(C(=O)NC1CCC(F)(F)CC1)c1cncc(F)c1. The molecule has 1 aromatic heterocycles. The molecule has 0 radical (unpaired) electrons. The number of fused-ring (bicyclic) bond motifs is 1. The van der Waals surface area contributed by atoms with Crippen LogP contribution in [0.4, 0.5) is 38.3 Å². The molecule has 3 aliphatic rings. The number of anilines is 1. The molecule has 0 bridgehead atoms. The first-order valence-corrected chi connectivity index (χ1v) is 14.9. The Labute approximate surface area is 235 Å². The van der Waals surface area contributed by atoms with Crippen molar-refractivity contribution in [2.45, 2.75) is 61.0 Å². The van der Waals surface area contributed by atoms with E-state index in [4.69, 9.17) is 0 Å². The second-order valence-electron chi connectivity index (χ2n) is 11.0. The molecule has 5 rings (SSSR count). The Morgan fingerprint density at radius 2 is 1.74 bits per heavy atom. The van der Waals surface area contributed by atoms with Crippen LogP contribution >= 0.6 is 10.2 Å². The molecule has 7 nitrogen and oxygen atoms in total. The van der Waals surface area contributed by atoms with Crippen LogP contribution in [0.1, 0.15) is 43.7 Å². The van der Waals surface area contributed by atoms with E-state index < -0.39 is 75.3 Å². The molecule has 2 aromatic rings. The molecule has 4 atom stereocenters. The zero-order chi connectivity index (χ0) is 30.7. The van der Waals surface area contributed by atoms with Crippen LogP contribution in [0.25, 0.3) is 0 Å². The first-order valence-electron chi connectivity index (χ1n) is 13.0. The van der Waals surface area contributed by atoms with Gasteiger partial charge in [-0.2, -0.15) is 5.26 Å². The van der Waals surface area contributed by atoms with Crippen LogP contribution in [0.3, 0.4) is 0 Å². The second-order valence-corrected chi connectivity index (χ2v) is 13.4. The van der Waals surface area contributed by atoms with Crippen LogP contribution in [-0.4, -0.2) is 46.2 Å². The normalized spacial score (nSPS) is 25.8. The van der Waals surface area contributed by atoms with Crippen molar-refractivity contribution >= 4 is 27.7 Å². The molecule has 1 aromatic carbocycles. The number of amides is 2. The van der Waals surface area contributed by atoms with Crippen LogP contribution in [0.5, 0.6) is 0 Å². The van der Waals surface area contributed by atoms with Crippen LogP contribution in [0.2, 0.25) is 0 Å². The highest BCUT2D eigenvalue weighted by Crippen LogP contribution is 3.02. The van der Waals surface area contributed by atoms with Gasteiger partial charge in [0, 0.05) is 42.9 Å². The van der Waals surface area contributed by atoms with Crippen LogP contribution in [-0.2, 0) is 9.59 Å². The van der Waals surface area contributed by atoms with Gasteiger partial charge in [0.2, 0.25) is 11.8 Å². The number of nitriles is 1. The summed E-state index contributed by atoms with van der Waals surface area (Å²) in [7, 11) is -10.1. The van der Waals surface area contributed by atoms with E-state index in [1.165, 1.54) is 4.90 Å². The molecule has 42 heavy (non-hydrogen) atoms. The second kappa shape index (κ2) is 9.45. The number of piperidine rings is 1. The van der Waals surface area contributed by atoms with Gasteiger partial charge in [-0.1, -0.05) is 19.4 Å². The predicted molar refractivity (Wildman–Crippen MR) is 135 cm³/mol. The third-order valence-corrected chi connectivity index (χ3v) is 9.10. The average molecular weight is 624 g/mol. The average Bonchev–Trinajstić information content (AvgIpc) is 3.56. The number of aromatic nitrogens is 1. The number of halogens is 8. The summed E-state index contributed by atoms with van der Waals surface area (Å²) in [6.07, 6.45) is 3.03. The van der Waals surface area contributed by atoms with Crippen molar-refractivity contribution in [2.24, 2.45) is 11.8 Å². The lowest BCUT2D eigenvalue weighted by Crippen LogP contribution is -2.53. The maximum atomic E-state index is 14.3. The van der Waals surface area contributed by atoms with Gasteiger partial charge >= 0.3 is 10.2 Å². The van der Waals surface area contributed by atoms with Gasteiger partial charge in [-0.3, -0.25) is 24.4 Å². The minimum Gasteiger partial charge on any atom is -0.351 e. The Morgan fingerprint density at radius 1 is 1.10 bits per heavy atom. The molecule has 16 heteroatoms. The highest BCUT2D eigenvalue weighted by molar-refractivity contribution is 8.45. The summed E-state index contributed by atoms with van der Waals surface area (Å²) in [5, 5.41) is 12.2. The van der Waals surface area contributed by atoms with Crippen molar-refractivity contribution in [1.82, 2.24) is 15.2 Å². The fourth-order valence-corrected chi connectivity index (χ4v) is 6.40. The van der Waals surface area contributed by atoms with E-state index in [1.54, 1.807) is 0 Å². The first-order chi connectivity index (χ1) is 19.4. The number of benzene rings is 1. The molecule has 1 aliphatic heterocycles. The van der Waals surface area contributed by atoms with Gasteiger partial charge in [-0.15, -0.1) is 0 Å². The summed E-state index contributed by atoms with van der Waals surface area (Å²) in [4.78, 5) is 31.3. The summed E-state index contributed by atoms with van der Waals surface area (Å²) in [5.41, 5.74) is -0.625. The summed E-state index contributed by atoms with van der Waals surface area (Å²) in [6, 6.07) is -1.47. The van der Waals surface area contributed by atoms with Crippen molar-refractivity contribution in [3.63, 3.8) is 0 Å². The largest absolute Gasteiger partial charge is 0.351 e. The molecular weight excluding hydrogens is 598 g/mol. The Balaban J connectivity index is 1.59. The number of hydrogen-bond donors (Lipinski definition) is 1. The van der Waals surface area contributed by atoms with E-state index in [0.717, 1.165) is 23.4 Å². The van der Waals surface area contributed by atoms with Gasteiger partial charge < -0.3 is 5.32 Å². The highest BCUT2D eigenvalue weighted by Gasteiger charge is 2.65. The zero-order valence-corrected chi connectivity index (χ0v) is 22.5. The summed E-state index contributed by atoms with van der Waals surface area (Å²) in [6.45, 7) is 0.225. The van der Waals surface area contributed by atoms with Gasteiger partial charge in [-0.05, 0) is 61.4 Å². The van der Waals surface area contributed by atoms with Crippen molar-refractivity contribution in [1.29, 1.82) is 5.26 Å². The summed E-state index contributed by atoms with van der Waals surface area (Å²) in [5.74, 6) is -6.04. The number of rotatable bonds is 7. The molecule has 0 spiro atoms. The summed E-state index contributed by atoms with van der Waals surface area (Å²) >= 11 is 0. The lowest BCUT2D eigenvalue weighted by molar-refractivity contribution is -0.129. The van der Waals surface area contributed by atoms with Gasteiger partial charge in [0.05, 0.1) is 6.20 Å². The van der Waals surface area contributed by atoms with E-state index in [9.17, 15) is 47.5 Å². The smallest absolute Gasteiger partial charge is 0.310 e. The lowest BCUT2D eigenvalue weighted by atomic mass is 9.91. The van der Waals surface area contributed by atoms with E-state index in [-0.39, 0.29) is 48.9 Å². The number of carbonyl (C=O) groups is 2. The standard InChI is InChI=1S/C26H25F8N5O2S/c27-17-9-15(11-36-12-17)22(24(40)37-18-5-7-26(28,29)8-6-18)39(25(41)23-21-10-16(21)13-38(23)14-35)19-1-3-20(4-2-19)42(30,31,32,33)34/h1-4,9,11-12,16,18,21-23H,5-8,10,13H2,(H,37,40)/t16-,21+,22?,23-/m1/s1. The van der Waals surface area contributed by atoms with Crippen molar-refractivity contribution in [3.8, 4) is 6.19 Å². The molecule has 228 valence electrons.